The normalized spacial score (nSPS) is 17.3. The molecule has 1 N–H and O–H groups in total. The van der Waals surface area contributed by atoms with Crippen molar-refractivity contribution in [2.75, 3.05) is 0 Å². The zero-order valence-electron chi connectivity index (χ0n) is 10.3. The Kier molecular flexibility index (Phi) is 4.20. The van der Waals surface area contributed by atoms with Crippen molar-refractivity contribution in [3.8, 4) is 5.88 Å². The molecule has 106 valence electrons. The molecule has 1 aromatic rings. The minimum Gasteiger partial charge on any atom is -0.465 e. The predicted octanol–water partition coefficient (Wildman–Crippen LogP) is 3.32. The van der Waals surface area contributed by atoms with Crippen LogP contribution in [0.25, 0.3) is 0 Å². The third kappa shape index (κ3) is 4.24. The number of pyridine rings is 1. The van der Waals surface area contributed by atoms with Crippen molar-refractivity contribution in [1.29, 1.82) is 0 Å². The first-order valence-electron chi connectivity index (χ1n) is 5.97. The second-order valence-corrected chi connectivity index (χ2v) is 4.98. The van der Waals surface area contributed by atoms with E-state index in [9.17, 15) is 13.2 Å². The van der Waals surface area contributed by atoms with E-state index in [1.807, 2.05) is 0 Å². The smallest absolute Gasteiger partial charge is 0.425 e. The van der Waals surface area contributed by atoms with E-state index in [2.05, 4.69) is 10.3 Å². The molecular weight excluding hydrogens is 281 g/mol. The molecule has 0 aromatic carbocycles. The number of hydrogen-bond donors (Lipinski definition) is 1. The van der Waals surface area contributed by atoms with E-state index in [4.69, 9.17) is 16.3 Å². The van der Waals surface area contributed by atoms with Crippen molar-refractivity contribution >= 4 is 11.6 Å². The summed E-state index contributed by atoms with van der Waals surface area (Å²) in [6.45, 7) is 1.45. The minimum absolute atomic E-state index is 0.0678. The molecule has 0 bridgehead atoms. The van der Waals surface area contributed by atoms with Crippen LogP contribution in [0.2, 0.25) is 5.02 Å². The van der Waals surface area contributed by atoms with E-state index in [0.717, 1.165) is 19.8 Å². The molecule has 1 fully saturated rings. The highest BCUT2D eigenvalue weighted by Gasteiger charge is 2.38. The monoisotopic (exact) mass is 294 g/mol. The van der Waals surface area contributed by atoms with Crippen LogP contribution in [0.4, 0.5) is 13.2 Å². The number of ether oxygens (including phenoxy) is 1. The summed E-state index contributed by atoms with van der Waals surface area (Å²) in [5, 5.41) is 3.65. The average Bonchev–Trinajstić information content (AvgIpc) is 3.12. The van der Waals surface area contributed by atoms with Crippen molar-refractivity contribution in [2.45, 2.75) is 44.6 Å². The Morgan fingerprint density at radius 2 is 2.21 bits per heavy atom. The number of nitrogens with one attached hydrogen (secondary N) is 1. The van der Waals surface area contributed by atoms with Crippen LogP contribution in [-0.4, -0.2) is 23.3 Å². The van der Waals surface area contributed by atoms with Crippen molar-refractivity contribution in [1.82, 2.24) is 10.3 Å². The molecule has 19 heavy (non-hydrogen) atoms. The molecular formula is C12H14ClF3N2O. The fraction of sp³-hybridized carbons (Fsp3) is 0.583. The topological polar surface area (TPSA) is 34.1 Å². The molecule has 7 heteroatoms. The first kappa shape index (κ1) is 14.4. The third-order valence-electron chi connectivity index (χ3n) is 2.83. The Labute approximate surface area is 114 Å². The van der Waals surface area contributed by atoms with Gasteiger partial charge in [0.05, 0.1) is 5.02 Å². The third-order valence-corrected chi connectivity index (χ3v) is 3.17. The summed E-state index contributed by atoms with van der Waals surface area (Å²) < 4.78 is 41.9. The molecule has 3 nitrogen and oxygen atoms in total. The number of nitrogens with zero attached hydrogens (tertiary/aromatic N) is 1. The van der Waals surface area contributed by atoms with Gasteiger partial charge in [0.2, 0.25) is 5.88 Å². The first-order valence-corrected chi connectivity index (χ1v) is 6.35. The Balaban J connectivity index is 2.02. The zero-order valence-corrected chi connectivity index (χ0v) is 11.1. The highest BCUT2D eigenvalue weighted by atomic mass is 35.5. The second kappa shape index (κ2) is 5.54. The number of rotatable bonds is 5. The Morgan fingerprint density at radius 1 is 1.53 bits per heavy atom. The average molecular weight is 295 g/mol. The van der Waals surface area contributed by atoms with Crippen molar-refractivity contribution in [3.05, 3.63) is 22.8 Å². The molecule has 0 saturated heterocycles. The van der Waals surface area contributed by atoms with Gasteiger partial charge in [0, 0.05) is 24.8 Å². The van der Waals surface area contributed by atoms with Gasteiger partial charge < -0.3 is 10.1 Å². The van der Waals surface area contributed by atoms with E-state index in [-0.39, 0.29) is 5.88 Å². The van der Waals surface area contributed by atoms with Crippen LogP contribution in [0.3, 0.4) is 0 Å². The standard InChI is InChI=1S/C12H14ClF3N2O/c1-7(12(14,15)16)19-11-4-8(10(13)6-18-11)5-17-9-2-3-9/h4,6-7,9,17H,2-3,5H2,1H3. The van der Waals surface area contributed by atoms with Crippen LogP contribution in [0.15, 0.2) is 12.3 Å². The lowest BCUT2D eigenvalue weighted by Gasteiger charge is -2.17. The van der Waals surface area contributed by atoms with Gasteiger partial charge in [0.25, 0.3) is 0 Å². The summed E-state index contributed by atoms with van der Waals surface area (Å²) in [5.41, 5.74) is 0.688. The molecule has 1 unspecified atom stereocenters. The zero-order chi connectivity index (χ0) is 14.0. The first-order chi connectivity index (χ1) is 8.86. The summed E-state index contributed by atoms with van der Waals surface area (Å²) in [5.74, 6) is -0.0678. The van der Waals surface area contributed by atoms with Crippen LogP contribution < -0.4 is 10.1 Å². The fourth-order valence-electron chi connectivity index (χ4n) is 1.45. The highest BCUT2D eigenvalue weighted by molar-refractivity contribution is 6.31. The number of hydrogen-bond acceptors (Lipinski definition) is 3. The lowest BCUT2D eigenvalue weighted by atomic mass is 10.2. The lowest BCUT2D eigenvalue weighted by Crippen LogP contribution is -2.31. The summed E-state index contributed by atoms with van der Waals surface area (Å²) in [6, 6.07) is 1.93. The van der Waals surface area contributed by atoms with Gasteiger partial charge in [-0.1, -0.05) is 11.6 Å². The SMILES string of the molecule is CC(Oc1cc(CNC2CC2)c(Cl)cn1)C(F)(F)F. The number of halogens is 4. The summed E-state index contributed by atoms with van der Waals surface area (Å²) in [6.07, 6.45) is -2.75. The quantitative estimate of drug-likeness (QED) is 0.904. The summed E-state index contributed by atoms with van der Waals surface area (Å²) in [4.78, 5) is 3.75. The van der Waals surface area contributed by atoms with Gasteiger partial charge in [-0.15, -0.1) is 0 Å². The minimum atomic E-state index is -4.41. The molecule has 2 rings (SSSR count). The molecule has 0 spiro atoms. The van der Waals surface area contributed by atoms with E-state index in [1.165, 1.54) is 12.3 Å². The van der Waals surface area contributed by atoms with Gasteiger partial charge in [-0.3, -0.25) is 0 Å². The molecule has 0 aliphatic heterocycles. The molecule has 1 aliphatic carbocycles. The Morgan fingerprint density at radius 3 is 2.79 bits per heavy atom. The predicted molar refractivity (Wildman–Crippen MR) is 65.3 cm³/mol. The van der Waals surface area contributed by atoms with Crippen LogP contribution in [0.1, 0.15) is 25.3 Å². The van der Waals surface area contributed by atoms with E-state index in [0.29, 0.717) is 23.2 Å². The highest BCUT2D eigenvalue weighted by Crippen LogP contribution is 2.26. The van der Waals surface area contributed by atoms with Gasteiger partial charge in [0.15, 0.2) is 6.10 Å². The maximum atomic E-state index is 12.4. The van der Waals surface area contributed by atoms with E-state index in [1.54, 1.807) is 0 Å². The molecule has 1 saturated carbocycles. The lowest BCUT2D eigenvalue weighted by molar-refractivity contribution is -0.190. The number of aromatic nitrogens is 1. The van der Waals surface area contributed by atoms with E-state index >= 15 is 0 Å². The van der Waals surface area contributed by atoms with E-state index < -0.39 is 12.3 Å². The second-order valence-electron chi connectivity index (χ2n) is 4.57. The molecule has 0 radical (unpaired) electrons. The summed E-state index contributed by atoms with van der Waals surface area (Å²) in [7, 11) is 0. The van der Waals surface area contributed by atoms with Gasteiger partial charge in [-0.25, -0.2) is 4.98 Å². The van der Waals surface area contributed by atoms with Crippen molar-refractivity contribution in [2.24, 2.45) is 0 Å². The van der Waals surface area contributed by atoms with Crippen LogP contribution in [0, 0.1) is 0 Å². The maximum Gasteiger partial charge on any atom is 0.425 e. The van der Waals surface area contributed by atoms with Crippen LogP contribution in [-0.2, 0) is 6.54 Å². The molecule has 1 aliphatic rings. The fourth-order valence-corrected chi connectivity index (χ4v) is 1.62. The van der Waals surface area contributed by atoms with Crippen LogP contribution >= 0.6 is 11.6 Å². The maximum absolute atomic E-state index is 12.4. The van der Waals surface area contributed by atoms with Gasteiger partial charge in [0.1, 0.15) is 0 Å². The molecule has 1 heterocycles. The van der Waals surface area contributed by atoms with Gasteiger partial charge >= 0.3 is 6.18 Å². The molecule has 1 atom stereocenters. The van der Waals surface area contributed by atoms with Gasteiger partial charge in [-0.05, 0) is 25.3 Å². The van der Waals surface area contributed by atoms with Gasteiger partial charge in [-0.2, -0.15) is 13.2 Å². The summed E-state index contributed by atoms with van der Waals surface area (Å²) >= 11 is 5.95. The van der Waals surface area contributed by atoms with Crippen LogP contribution in [0.5, 0.6) is 5.88 Å². The largest absolute Gasteiger partial charge is 0.465 e. The Hall–Kier alpha value is -1.01. The Bertz CT molecular complexity index is 449. The number of alkyl halides is 3. The molecule has 0 amide bonds. The van der Waals surface area contributed by atoms with Crippen molar-refractivity contribution in [3.63, 3.8) is 0 Å². The molecule has 1 aromatic heterocycles. The van der Waals surface area contributed by atoms with Crippen molar-refractivity contribution < 1.29 is 17.9 Å².